The predicted octanol–water partition coefficient (Wildman–Crippen LogP) is 2.79. The average molecular weight is 272 g/mol. The van der Waals surface area contributed by atoms with Crippen molar-refractivity contribution >= 4 is 5.82 Å². The summed E-state index contributed by atoms with van der Waals surface area (Å²) < 4.78 is 28.0. The van der Waals surface area contributed by atoms with Gasteiger partial charge >= 0.3 is 0 Å². The van der Waals surface area contributed by atoms with Crippen molar-refractivity contribution in [2.45, 2.75) is 0 Å². The van der Waals surface area contributed by atoms with Gasteiger partial charge in [-0.2, -0.15) is 5.10 Å². The number of nitrogens with zero attached hydrogens (tertiary/aromatic N) is 3. The van der Waals surface area contributed by atoms with Crippen LogP contribution in [0.1, 0.15) is 0 Å². The van der Waals surface area contributed by atoms with E-state index in [9.17, 15) is 8.78 Å². The van der Waals surface area contributed by atoms with Gasteiger partial charge in [-0.25, -0.2) is 18.4 Å². The summed E-state index contributed by atoms with van der Waals surface area (Å²) in [6.07, 6.45) is 3.19. The first kappa shape index (κ1) is 12.3. The van der Waals surface area contributed by atoms with E-state index in [2.05, 4.69) is 10.1 Å². The molecule has 0 aliphatic carbocycles. The fourth-order valence-corrected chi connectivity index (χ4v) is 1.85. The first-order valence-electron chi connectivity index (χ1n) is 5.87. The molecule has 0 saturated heterocycles. The van der Waals surface area contributed by atoms with Crippen LogP contribution in [0.5, 0.6) is 0 Å². The van der Waals surface area contributed by atoms with E-state index < -0.39 is 11.6 Å². The third-order valence-corrected chi connectivity index (χ3v) is 2.84. The second-order valence-corrected chi connectivity index (χ2v) is 4.20. The highest BCUT2D eigenvalue weighted by Gasteiger charge is 2.13. The molecular formula is C14H10F2N4. The largest absolute Gasteiger partial charge is 0.381 e. The number of hydrogen-bond donors (Lipinski definition) is 1. The molecule has 0 saturated carbocycles. The van der Waals surface area contributed by atoms with Crippen molar-refractivity contribution in [3.8, 4) is 16.9 Å². The van der Waals surface area contributed by atoms with E-state index >= 15 is 0 Å². The second kappa shape index (κ2) is 4.73. The van der Waals surface area contributed by atoms with Crippen molar-refractivity contribution in [2.24, 2.45) is 0 Å². The highest BCUT2D eigenvalue weighted by atomic mass is 19.1. The summed E-state index contributed by atoms with van der Waals surface area (Å²) in [6, 6.07) is 10.2. The van der Waals surface area contributed by atoms with E-state index in [0.29, 0.717) is 6.07 Å². The van der Waals surface area contributed by atoms with Crippen LogP contribution in [0.2, 0.25) is 0 Å². The lowest BCUT2D eigenvalue weighted by atomic mass is 10.1. The summed E-state index contributed by atoms with van der Waals surface area (Å²) >= 11 is 0. The molecule has 0 amide bonds. The Morgan fingerprint density at radius 2 is 1.75 bits per heavy atom. The van der Waals surface area contributed by atoms with Gasteiger partial charge in [0.15, 0.2) is 23.3 Å². The minimum atomic E-state index is -0.887. The van der Waals surface area contributed by atoms with Crippen LogP contribution >= 0.6 is 0 Å². The highest BCUT2D eigenvalue weighted by Crippen LogP contribution is 2.21. The second-order valence-electron chi connectivity index (χ2n) is 4.20. The maximum atomic E-state index is 13.7. The maximum absolute atomic E-state index is 13.7. The summed E-state index contributed by atoms with van der Waals surface area (Å²) in [5.74, 6) is -2.20. The SMILES string of the molecule is Nc1nc(-n2cc(-c3ccccc3)cn2)c(F)cc1F. The van der Waals surface area contributed by atoms with Crippen LogP contribution in [0.4, 0.5) is 14.6 Å². The van der Waals surface area contributed by atoms with Crippen LogP contribution in [-0.2, 0) is 0 Å². The third kappa shape index (κ3) is 2.11. The van der Waals surface area contributed by atoms with Crippen LogP contribution < -0.4 is 5.73 Å². The van der Waals surface area contributed by atoms with Crippen molar-refractivity contribution in [3.63, 3.8) is 0 Å². The smallest absolute Gasteiger partial charge is 0.191 e. The van der Waals surface area contributed by atoms with E-state index in [1.807, 2.05) is 30.3 Å². The van der Waals surface area contributed by atoms with Crippen molar-refractivity contribution in [1.29, 1.82) is 0 Å². The number of hydrogen-bond acceptors (Lipinski definition) is 3. The first-order chi connectivity index (χ1) is 9.65. The highest BCUT2D eigenvalue weighted by molar-refractivity contribution is 5.61. The minimum absolute atomic E-state index is 0.133. The number of nitrogens with two attached hydrogens (primary N) is 1. The average Bonchev–Trinajstić information content (AvgIpc) is 2.93. The molecule has 2 aromatic heterocycles. The lowest BCUT2D eigenvalue weighted by Gasteiger charge is -2.04. The van der Waals surface area contributed by atoms with Crippen LogP contribution in [0.25, 0.3) is 16.9 Å². The lowest BCUT2D eigenvalue weighted by Crippen LogP contribution is -2.06. The van der Waals surface area contributed by atoms with E-state index in [4.69, 9.17) is 5.73 Å². The van der Waals surface area contributed by atoms with Crippen molar-refractivity contribution in [3.05, 3.63) is 60.4 Å². The summed E-state index contributed by atoms with van der Waals surface area (Å²) in [7, 11) is 0. The van der Waals surface area contributed by atoms with E-state index in [1.54, 1.807) is 12.4 Å². The summed E-state index contributed by atoms with van der Waals surface area (Å²) in [5, 5.41) is 4.03. The molecule has 0 aliphatic rings. The fraction of sp³-hybridized carbons (Fsp3) is 0. The number of pyridine rings is 1. The van der Waals surface area contributed by atoms with Crippen LogP contribution in [0.3, 0.4) is 0 Å². The predicted molar refractivity (Wildman–Crippen MR) is 71.1 cm³/mol. The van der Waals surface area contributed by atoms with Gasteiger partial charge in [-0.1, -0.05) is 30.3 Å². The molecule has 0 radical (unpaired) electrons. The van der Waals surface area contributed by atoms with Crippen LogP contribution in [-0.4, -0.2) is 14.8 Å². The molecule has 0 spiro atoms. The normalized spacial score (nSPS) is 10.7. The molecule has 3 rings (SSSR count). The Labute approximate surface area is 113 Å². The number of halogens is 2. The zero-order valence-corrected chi connectivity index (χ0v) is 10.3. The molecule has 100 valence electrons. The topological polar surface area (TPSA) is 56.7 Å². The molecule has 3 aromatic rings. The van der Waals surface area contributed by atoms with E-state index in [-0.39, 0.29) is 11.6 Å². The number of nitrogen functional groups attached to an aromatic ring is 1. The monoisotopic (exact) mass is 272 g/mol. The quantitative estimate of drug-likeness (QED) is 0.780. The Kier molecular flexibility index (Phi) is 2.90. The standard InChI is InChI=1S/C14H10F2N4/c15-11-6-12(16)14(19-13(11)17)20-8-10(7-18-20)9-4-2-1-3-5-9/h1-8H,(H2,17,19). The number of rotatable bonds is 2. The number of anilines is 1. The van der Waals surface area contributed by atoms with Crippen molar-refractivity contribution < 1.29 is 8.78 Å². The molecule has 20 heavy (non-hydrogen) atoms. The Bertz CT molecular complexity index is 753. The zero-order chi connectivity index (χ0) is 14.1. The van der Waals surface area contributed by atoms with Crippen molar-refractivity contribution in [1.82, 2.24) is 14.8 Å². The molecule has 4 nitrogen and oxygen atoms in total. The molecule has 0 bridgehead atoms. The summed E-state index contributed by atoms with van der Waals surface area (Å²) in [6.45, 7) is 0. The molecule has 0 atom stereocenters. The van der Waals surface area contributed by atoms with E-state index in [1.165, 1.54) is 4.68 Å². The molecule has 6 heteroatoms. The number of benzene rings is 1. The molecule has 0 fully saturated rings. The minimum Gasteiger partial charge on any atom is -0.381 e. The molecule has 0 aliphatic heterocycles. The van der Waals surface area contributed by atoms with Gasteiger partial charge in [0, 0.05) is 17.8 Å². The van der Waals surface area contributed by atoms with Gasteiger partial charge in [0.2, 0.25) is 0 Å². The Morgan fingerprint density at radius 3 is 2.50 bits per heavy atom. The molecular weight excluding hydrogens is 262 g/mol. The third-order valence-electron chi connectivity index (χ3n) is 2.84. The van der Waals surface area contributed by atoms with Gasteiger partial charge < -0.3 is 5.73 Å². The van der Waals surface area contributed by atoms with Gasteiger partial charge in [-0.3, -0.25) is 0 Å². The van der Waals surface area contributed by atoms with Crippen LogP contribution in [0.15, 0.2) is 48.8 Å². The van der Waals surface area contributed by atoms with Crippen molar-refractivity contribution in [2.75, 3.05) is 5.73 Å². The van der Waals surface area contributed by atoms with Gasteiger partial charge in [0.1, 0.15) is 0 Å². The lowest BCUT2D eigenvalue weighted by molar-refractivity contribution is 0.564. The molecule has 2 N–H and O–H groups in total. The van der Waals surface area contributed by atoms with Gasteiger partial charge in [0.05, 0.1) is 6.20 Å². The van der Waals surface area contributed by atoms with E-state index in [0.717, 1.165) is 11.1 Å². The van der Waals surface area contributed by atoms with Gasteiger partial charge in [-0.15, -0.1) is 0 Å². The molecule has 0 unspecified atom stereocenters. The fourth-order valence-electron chi connectivity index (χ4n) is 1.85. The Hall–Kier alpha value is -2.76. The Balaban J connectivity index is 2.05. The zero-order valence-electron chi connectivity index (χ0n) is 10.3. The summed E-state index contributed by atoms with van der Waals surface area (Å²) in [4.78, 5) is 3.68. The first-order valence-corrected chi connectivity index (χ1v) is 5.87. The van der Waals surface area contributed by atoms with Gasteiger partial charge in [0.25, 0.3) is 0 Å². The Morgan fingerprint density at radius 1 is 1.00 bits per heavy atom. The summed E-state index contributed by atoms with van der Waals surface area (Å²) in [5.41, 5.74) is 7.09. The number of aromatic nitrogens is 3. The molecule has 1 aromatic carbocycles. The maximum Gasteiger partial charge on any atom is 0.191 e. The molecule has 2 heterocycles. The van der Waals surface area contributed by atoms with Crippen LogP contribution in [0, 0.1) is 11.6 Å². The van der Waals surface area contributed by atoms with Gasteiger partial charge in [-0.05, 0) is 5.56 Å².